The van der Waals surface area contributed by atoms with Gasteiger partial charge in [-0.2, -0.15) is 0 Å². The van der Waals surface area contributed by atoms with Gasteiger partial charge in [-0.05, 0) is 80.0 Å². The fourth-order valence-electron chi connectivity index (χ4n) is 5.04. The molecule has 0 heterocycles. The van der Waals surface area contributed by atoms with E-state index in [1.165, 1.54) is 25.7 Å². The molecule has 0 amide bonds. The average Bonchev–Trinajstić information content (AvgIpc) is 2.41. The first kappa shape index (κ1) is 17.1. The molecule has 2 saturated carbocycles. The zero-order valence-corrected chi connectivity index (χ0v) is 15.5. The van der Waals surface area contributed by atoms with E-state index in [9.17, 15) is 0 Å². The Morgan fingerprint density at radius 1 is 0.667 bits per heavy atom. The Hall–Kier alpha value is -0.260. The Balaban J connectivity index is 2.01. The van der Waals surface area contributed by atoms with Gasteiger partial charge < -0.3 is 0 Å². The lowest BCUT2D eigenvalue weighted by molar-refractivity contribution is 0.152. The quantitative estimate of drug-likeness (QED) is 0.504. The molecule has 2 rings (SSSR count). The van der Waals surface area contributed by atoms with Crippen LogP contribution in [0.25, 0.3) is 0 Å². The van der Waals surface area contributed by atoms with Gasteiger partial charge in [0, 0.05) is 0 Å². The summed E-state index contributed by atoms with van der Waals surface area (Å²) in [4.78, 5) is 0. The maximum Gasteiger partial charge on any atom is -0.0201 e. The van der Waals surface area contributed by atoms with Crippen LogP contribution in [-0.2, 0) is 0 Å². The number of hydrogen-bond donors (Lipinski definition) is 0. The normalized spacial score (nSPS) is 49.2. The summed E-state index contributed by atoms with van der Waals surface area (Å²) in [7, 11) is 0. The van der Waals surface area contributed by atoms with E-state index in [2.05, 4.69) is 54.5 Å². The van der Waals surface area contributed by atoms with Crippen LogP contribution in [0.15, 0.2) is 11.6 Å². The number of hydrogen-bond acceptors (Lipinski definition) is 0. The van der Waals surface area contributed by atoms with Crippen molar-refractivity contribution in [1.29, 1.82) is 0 Å². The van der Waals surface area contributed by atoms with Gasteiger partial charge in [-0.3, -0.25) is 0 Å². The van der Waals surface area contributed by atoms with E-state index in [0.717, 1.165) is 47.3 Å². The van der Waals surface area contributed by atoms with Crippen molar-refractivity contribution in [3.8, 4) is 0 Å². The first-order valence-electron chi connectivity index (χ1n) is 9.47. The van der Waals surface area contributed by atoms with E-state index >= 15 is 0 Å². The molecule has 4 atom stereocenters. The minimum atomic E-state index is 0.844. The summed E-state index contributed by atoms with van der Waals surface area (Å²) in [5.41, 5.74) is 1.71. The van der Waals surface area contributed by atoms with Crippen LogP contribution in [0, 0.1) is 47.3 Å². The second-order valence-corrected chi connectivity index (χ2v) is 8.94. The van der Waals surface area contributed by atoms with Gasteiger partial charge in [-0.15, -0.1) is 0 Å². The molecule has 21 heavy (non-hydrogen) atoms. The van der Waals surface area contributed by atoms with Gasteiger partial charge in [0.1, 0.15) is 0 Å². The van der Waals surface area contributed by atoms with Crippen molar-refractivity contribution < 1.29 is 0 Å². The summed E-state index contributed by atoms with van der Waals surface area (Å²) in [6.07, 6.45) is 8.34. The van der Waals surface area contributed by atoms with E-state index in [4.69, 9.17) is 0 Å². The summed E-state index contributed by atoms with van der Waals surface area (Å²) in [5.74, 6) is 7.10. The second-order valence-electron chi connectivity index (χ2n) is 8.94. The van der Waals surface area contributed by atoms with Crippen molar-refractivity contribution in [3.05, 3.63) is 11.6 Å². The topological polar surface area (TPSA) is 0 Å². The van der Waals surface area contributed by atoms with Crippen LogP contribution in [0.4, 0.5) is 0 Å². The molecule has 122 valence electrons. The summed E-state index contributed by atoms with van der Waals surface area (Å²) >= 11 is 0. The van der Waals surface area contributed by atoms with E-state index in [0.29, 0.717) is 0 Å². The molecular formula is C21H38. The fourth-order valence-corrected chi connectivity index (χ4v) is 5.04. The van der Waals surface area contributed by atoms with Crippen LogP contribution >= 0.6 is 0 Å². The van der Waals surface area contributed by atoms with Crippen LogP contribution in [-0.4, -0.2) is 0 Å². The Bertz CT molecular complexity index is 342. The van der Waals surface area contributed by atoms with Crippen LogP contribution in [0.5, 0.6) is 0 Å². The van der Waals surface area contributed by atoms with Crippen molar-refractivity contribution in [2.24, 2.45) is 47.3 Å². The predicted molar refractivity (Wildman–Crippen MR) is 94.2 cm³/mol. The lowest BCUT2D eigenvalue weighted by Crippen LogP contribution is -2.29. The molecule has 0 aromatic rings. The predicted octanol–water partition coefficient (Wildman–Crippen LogP) is 6.57. The third kappa shape index (κ3) is 3.93. The molecule has 0 bridgehead atoms. The van der Waals surface area contributed by atoms with Gasteiger partial charge >= 0.3 is 0 Å². The summed E-state index contributed by atoms with van der Waals surface area (Å²) < 4.78 is 0. The summed E-state index contributed by atoms with van der Waals surface area (Å²) in [6, 6.07) is 0. The van der Waals surface area contributed by atoms with Gasteiger partial charge in [0.25, 0.3) is 0 Å². The van der Waals surface area contributed by atoms with Gasteiger partial charge in [0.15, 0.2) is 0 Å². The molecule has 0 saturated heterocycles. The van der Waals surface area contributed by atoms with Crippen molar-refractivity contribution in [2.45, 2.75) is 74.1 Å². The highest BCUT2D eigenvalue weighted by Crippen LogP contribution is 2.43. The van der Waals surface area contributed by atoms with Gasteiger partial charge in [-0.25, -0.2) is 0 Å². The average molecular weight is 291 g/mol. The third-order valence-corrected chi connectivity index (χ3v) is 7.39. The highest BCUT2D eigenvalue weighted by atomic mass is 14.4. The summed E-state index contributed by atoms with van der Waals surface area (Å²) in [5, 5.41) is 0. The summed E-state index contributed by atoms with van der Waals surface area (Å²) in [6.45, 7) is 17.2. The molecule has 0 aromatic heterocycles. The molecule has 0 radical (unpaired) electrons. The van der Waals surface area contributed by atoms with Crippen LogP contribution in [0.2, 0.25) is 0 Å². The molecule has 2 aliphatic rings. The number of rotatable bonds is 2. The van der Waals surface area contributed by atoms with E-state index in [1.807, 2.05) is 0 Å². The first-order valence-corrected chi connectivity index (χ1v) is 9.47. The fraction of sp³-hybridized carbons (Fsp3) is 0.905. The molecular weight excluding hydrogens is 252 g/mol. The van der Waals surface area contributed by atoms with E-state index in [-0.39, 0.29) is 0 Å². The minimum absolute atomic E-state index is 0.844. The molecule has 0 heteroatoms. The largest absolute Gasteiger partial charge is 0.0822 e. The number of allylic oxidation sites excluding steroid dienone is 2. The van der Waals surface area contributed by atoms with Crippen molar-refractivity contribution >= 4 is 0 Å². The smallest absolute Gasteiger partial charge is 0.0201 e. The van der Waals surface area contributed by atoms with E-state index in [1.54, 1.807) is 5.57 Å². The second kappa shape index (κ2) is 6.88. The Kier molecular flexibility index (Phi) is 5.60. The Labute approximate surface area is 133 Å². The van der Waals surface area contributed by atoms with Crippen LogP contribution in [0.3, 0.4) is 0 Å². The molecule has 2 fully saturated rings. The SMILES string of the molecule is C/C(=C\C1CC(C)C(C)C(C)C1)C1CC(C)C(C)C(C)C1. The zero-order valence-electron chi connectivity index (χ0n) is 15.5. The molecule has 0 N–H and O–H groups in total. The Morgan fingerprint density at radius 2 is 1.05 bits per heavy atom. The van der Waals surface area contributed by atoms with Crippen molar-refractivity contribution in [3.63, 3.8) is 0 Å². The van der Waals surface area contributed by atoms with Crippen LogP contribution in [0.1, 0.15) is 74.1 Å². The Morgan fingerprint density at radius 3 is 1.48 bits per heavy atom. The highest BCUT2D eigenvalue weighted by Gasteiger charge is 2.32. The first-order chi connectivity index (χ1) is 9.79. The van der Waals surface area contributed by atoms with E-state index < -0.39 is 0 Å². The lowest BCUT2D eigenvalue weighted by Gasteiger charge is -2.39. The highest BCUT2D eigenvalue weighted by molar-refractivity contribution is 5.09. The van der Waals surface area contributed by atoms with Gasteiger partial charge in [0.2, 0.25) is 0 Å². The van der Waals surface area contributed by atoms with Crippen LogP contribution < -0.4 is 0 Å². The zero-order chi connectivity index (χ0) is 15.7. The lowest BCUT2D eigenvalue weighted by atomic mass is 9.66. The molecule has 4 unspecified atom stereocenters. The van der Waals surface area contributed by atoms with Gasteiger partial charge in [-0.1, -0.05) is 53.2 Å². The van der Waals surface area contributed by atoms with Gasteiger partial charge in [0.05, 0.1) is 0 Å². The van der Waals surface area contributed by atoms with Crippen molar-refractivity contribution in [2.75, 3.05) is 0 Å². The molecule has 2 aliphatic carbocycles. The molecule has 0 aliphatic heterocycles. The monoisotopic (exact) mass is 290 g/mol. The maximum absolute atomic E-state index is 2.68. The third-order valence-electron chi connectivity index (χ3n) is 7.39. The minimum Gasteiger partial charge on any atom is -0.0822 e. The molecule has 0 nitrogen and oxygen atoms in total. The maximum atomic E-state index is 2.68. The van der Waals surface area contributed by atoms with Crippen molar-refractivity contribution in [1.82, 2.24) is 0 Å². The molecule has 0 aromatic carbocycles. The standard InChI is InChI=1S/C21H38/c1-13-8-20(9-14(2)18(13)6)10-17(5)21-11-15(3)19(7)16(4)12-21/h10,13-16,18-21H,8-9,11-12H2,1-7H3/b17-10+. The molecule has 0 spiro atoms.